The van der Waals surface area contributed by atoms with Crippen LogP contribution in [0.4, 0.5) is 17.1 Å². The smallest absolute Gasteiger partial charge is 0.0465 e. The lowest BCUT2D eigenvalue weighted by Crippen LogP contribution is -2.18. The van der Waals surface area contributed by atoms with Crippen LogP contribution in [0.1, 0.15) is 49.9 Å². The number of fused-ring (bicyclic) bond motifs is 12. The van der Waals surface area contributed by atoms with Gasteiger partial charge in [-0.05, 0) is 164 Å². The van der Waals surface area contributed by atoms with E-state index in [4.69, 9.17) is 0 Å². The maximum absolute atomic E-state index is 2.49. The highest BCUT2D eigenvalue weighted by atomic mass is 15.1. The lowest BCUT2D eigenvalue weighted by Gasteiger charge is -2.29. The first-order valence-electron chi connectivity index (χ1n) is 23.0. The van der Waals surface area contributed by atoms with E-state index >= 15 is 0 Å². The average Bonchev–Trinajstić information content (AvgIpc) is 3.72. The largest absolute Gasteiger partial charge is 0.310 e. The van der Waals surface area contributed by atoms with Gasteiger partial charge in [0.1, 0.15) is 0 Å². The second-order valence-corrected chi connectivity index (χ2v) is 19.3. The third-order valence-corrected chi connectivity index (χ3v) is 15.0. The molecule has 0 amide bonds. The van der Waals surface area contributed by atoms with Crippen molar-refractivity contribution in [2.75, 3.05) is 4.90 Å². The first-order chi connectivity index (χ1) is 31.8. The molecule has 0 saturated carbocycles. The van der Waals surface area contributed by atoms with Gasteiger partial charge in [0.15, 0.2) is 0 Å². The zero-order chi connectivity index (χ0) is 43.6. The first kappa shape index (κ1) is 37.8. The monoisotopic (exact) mass is 829 g/mol. The van der Waals surface area contributed by atoms with Gasteiger partial charge in [-0.15, -0.1) is 0 Å². The molecule has 11 aromatic carbocycles. The number of rotatable bonds is 5. The van der Waals surface area contributed by atoms with Crippen molar-refractivity contribution >= 4 is 60.2 Å². The molecule has 0 saturated heterocycles. The summed E-state index contributed by atoms with van der Waals surface area (Å²) in [5.41, 5.74) is 19.0. The molecule has 2 aliphatic carbocycles. The number of anilines is 3. The molecule has 0 aromatic heterocycles. The fourth-order valence-electron chi connectivity index (χ4n) is 11.8. The number of benzene rings is 11. The van der Waals surface area contributed by atoms with Gasteiger partial charge in [0.25, 0.3) is 0 Å². The fourth-order valence-corrected chi connectivity index (χ4v) is 11.8. The van der Waals surface area contributed by atoms with E-state index in [1.54, 1.807) is 0 Å². The Kier molecular flexibility index (Phi) is 8.07. The minimum atomic E-state index is -0.231. The summed E-state index contributed by atoms with van der Waals surface area (Å²) in [6.07, 6.45) is 0. The van der Waals surface area contributed by atoms with Crippen LogP contribution in [0.25, 0.3) is 87.6 Å². The Morgan fingerprint density at radius 3 is 1.45 bits per heavy atom. The molecule has 1 nitrogen and oxygen atoms in total. The highest BCUT2D eigenvalue weighted by Gasteiger charge is 2.38. The van der Waals surface area contributed by atoms with Crippen LogP contribution in [0, 0.1) is 0 Å². The lowest BCUT2D eigenvalue weighted by molar-refractivity contribution is 0.660. The van der Waals surface area contributed by atoms with Crippen LogP contribution in [0.2, 0.25) is 0 Å². The Bertz CT molecular complexity index is 3770. The van der Waals surface area contributed by atoms with Crippen LogP contribution in [-0.2, 0) is 10.8 Å². The van der Waals surface area contributed by atoms with Gasteiger partial charge in [-0.25, -0.2) is 0 Å². The summed E-state index contributed by atoms with van der Waals surface area (Å²) in [6.45, 7) is 9.55. The summed E-state index contributed by atoms with van der Waals surface area (Å²) in [5.74, 6) is 0. The van der Waals surface area contributed by atoms with Gasteiger partial charge in [-0.3, -0.25) is 0 Å². The van der Waals surface area contributed by atoms with E-state index in [1.165, 1.54) is 121 Å². The van der Waals surface area contributed by atoms with Crippen LogP contribution in [-0.4, -0.2) is 0 Å². The maximum Gasteiger partial charge on any atom is 0.0465 e. The second kappa shape index (κ2) is 13.9. The third-order valence-electron chi connectivity index (χ3n) is 15.0. The van der Waals surface area contributed by atoms with Crippen molar-refractivity contribution < 1.29 is 0 Å². The van der Waals surface area contributed by atoms with Crippen molar-refractivity contribution in [2.45, 2.75) is 38.5 Å². The quantitative estimate of drug-likeness (QED) is 0.156. The first-order valence-corrected chi connectivity index (χ1v) is 23.0. The van der Waals surface area contributed by atoms with E-state index in [0.717, 1.165) is 5.69 Å². The molecule has 0 N–H and O–H groups in total. The Balaban J connectivity index is 0.950. The standard InChI is InChI=1S/C64H47N/c1-63(2)58-28-15-14-24-50(58)52-33-30-44(38-60(52)63)65(43-19-6-5-7-20-43)45-31-34-53-51-32-29-41(37-59(51)64(3,4)61(53)39-45)56-35-42-36-57(47-27-16-18-40-17-8-9-21-46(40)47)49-23-11-13-26-55(49)62(42)54-25-12-10-22-48(54)56/h5-39H,1-4H3. The van der Waals surface area contributed by atoms with Crippen molar-refractivity contribution in [2.24, 2.45) is 0 Å². The molecule has 0 spiro atoms. The number of hydrogen-bond acceptors (Lipinski definition) is 1. The lowest BCUT2D eigenvalue weighted by atomic mass is 9.80. The molecule has 0 aliphatic heterocycles. The molecule has 308 valence electrons. The average molecular weight is 830 g/mol. The molecule has 0 fully saturated rings. The van der Waals surface area contributed by atoms with E-state index in [-0.39, 0.29) is 10.8 Å². The molecule has 11 aromatic rings. The van der Waals surface area contributed by atoms with Crippen LogP contribution in [0.3, 0.4) is 0 Å². The molecular weight excluding hydrogens is 783 g/mol. The van der Waals surface area contributed by atoms with Crippen LogP contribution < -0.4 is 4.90 Å². The Morgan fingerprint density at radius 2 is 0.754 bits per heavy atom. The molecule has 13 rings (SSSR count). The van der Waals surface area contributed by atoms with Crippen molar-refractivity contribution in [1.29, 1.82) is 0 Å². The molecule has 0 unspecified atom stereocenters. The second-order valence-electron chi connectivity index (χ2n) is 19.3. The predicted octanol–water partition coefficient (Wildman–Crippen LogP) is 17.7. The van der Waals surface area contributed by atoms with Gasteiger partial charge in [0, 0.05) is 27.9 Å². The molecule has 0 heterocycles. The number of hydrogen-bond donors (Lipinski definition) is 0. The Hall–Kier alpha value is -7.74. The van der Waals surface area contributed by atoms with Crippen molar-refractivity contribution in [3.05, 3.63) is 235 Å². The summed E-state index contributed by atoms with van der Waals surface area (Å²) in [5, 5.41) is 10.2. The SMILES string of the molecule is CC1(C)c2ccccc2-c2ccc(N(c3ccccc3)c3ccc4c(c3)C(C)(C)c3cc(-c5cc6cc(-c7cccc8ccccc78)c7ccccc7c6c6ccccc56)ccc3-4)cc21. The number of para-hydroxylation sites is 1. The summed E-state index contributed by atoms with van der Waals surface area (Å²) >= 11 is 0. The van der Waals surface area contributed by atoms with E-state index in [2.05, 4.69) is 245 Å². The Labute approximate surface area is 380 Å². The summed E-state index contributed by atoms with van der Waals surface area (Å²) in [7, 11) is 0. The van der Waals surface area contributed by atoms with Gasteiger partial charge in [-0.2, -0.15) is 0 Å². The van der Waals surface area contributed by atoms with Crippen LogP contribution >= 0.6 is 0 Å². The van der Waals surface area contributed by atoms with Crippen LogP contribution in [0.5, 0.6) is 0 Å². The molecule has 0 bridgehead atoms. The zero-order valence-corrected chi connectivity index (χ0v) is 37.2. The predicted molar refractivity (Wildman–Crippen MR) is 277 cm³/mol. The minimum absolute atomic E-state index is 0.0905. The van der Waals surface area contributed by atoms with Gasteiger partial charge < -0.3 is 4.90 Å². The van der Waals surface area contributed by atoms with Gasteiger partial charge in [-0.1, -0.05) is 185 Å². The van der Waals surface area contributed by atoms with E-state index in [1.807, 2.05) is 0 Å². The summed E-state index contributed by atoms with van der Waals surface area (Å²) in [6, 6.07) is 79.6. The maximum atomic E-state index is 2.49. The molecule has 0 radical (unpaired) electrons. The minimum Gasteiger partial charge on any atom is -0.310 e. The molecule has 65 heavy (non-hydrogen) atoms. The Morgan fingerprint density at radius 1 is 0.277 bits per heavy atom. The third kappa shape index (κ3) is 5.52. The molecule has 0 atom stereocenters. The zero-order valence-electron chi connectivity index (χ0n) is 37.2. The molecule has 1 heteroatoms. The molecular formula is C64H47N. The highest BCUT2D eigenvalue weighted by molar-refractivity contribution is 6.26. The highest BCUT2D eigenvalue weighted by Crippen LogP contribution is 2.54. The summed E-state index contributed by atoms with van der Waals surface area (Å²) in [4.78, 5) is 2.45. The van der Waals surface area contributed by atoms with Gasteiger partial charge in [0.2, 0.25) is 0 Å². The fraction of sp³-hybridized carbons (Fsp3) is 0.0938. The van der Waals surface area contributed by atoms with Gasteiger partial charge in [0.05, 0.1) is 0 Å². The van der Waals surface area contributed by atoms with Crippen molar-refractivity contribution in [3.63, 3.8) is 0 Å². The van der Waals surface area contributed by atoms with Crippen molar-refractivity contribution in [1.82, 2.24) is 0 Å². The topological polar surface area (TPSA) is 3.24 Å². The molecule has 2 aliphatic rings. The normalized spacial score (nSPS) is 14.1. The van der Waals surface area contributed by atoms with Crippen molar-refractivity contribution in [3.8, 4) is 44.5 Å². The van der Waals surface area contributed by atoms with E-state index in [9.17, 15) is 0 Å². The number of nitrogens with zero attached hydrogens (tertiary/aromatic N) is 1. The summed E-state index contributed by atoms with van der Waals surface area (Å²) < 4.78 is 0. The van der Waals surface area contributed by atoms with E-state index in [0.29, 0.717) is 0 Å². The van der Waals surface area contributed by atoms with Crippen LogP contribution in [0.15, 0.2) is 212 Å². The van der Waals surface area contributed by atoms with E-state index < -0.39 is 0 Å². The van der Waals surface area contributed by atoms with Gasteiger partial charge >= 0.3 is 0 Å².